The van der Waals surface area contributed by atoms with Gasteiger partial charge in [0.05, 0.1) is 0 Å². The molecule has 0 amide bonds. The molecule has 0 bridgehead atoms. The topological polar surface area (TPSA) is 28.2 Å². The quantitative estimate of drug-likeness (QED) is 0.845. The molecule has 0 saturated heterocycles. The minimum atomic E-state index is 0.873. The lowest BCUT2D eigenvalue weighted by atomic mass is 10.2. The lowest BCUT2D eigenvalue weighted by molar-refractivity contribution is 0.716. The van der Waals surface area contributed by atoms with Gasteiger partial charge in [0.2, 0.25) is 0 Å². The van der Waals surface area contributed by atoms with Crippen molar-refractivity contribution in [2.45, 2.75) is 26.8 Å². The van der Waals surface area contributed by atoms with Crippen LogP contribution in [0.3, 0.4) is 0 Å². The molecule has 1 aromatic heterocycles. The molecule has 0 spiro atoms. The van der Waals surface area contributed by atoms with Crippen LogP contribution < -0.4 is 10.2 Å². The van der Waals surface area contributed by atoms with Gasteiger partial charge >= 0.3 is 0 Å². The largest absolute Gasteiger partial charge is 0.359 e. The average molecular weight is 233 g/mol. The number of aromatic nitrogens is 1. The minimum absolute atomic E-state index is 0.873. The molecule has 1 N–H and O–H groups in total. The molecule has 2 rings (SSSR count). The van der Waals surface area contributed by atoms with Gasteiger partial charge in [0.25, 0.3) is 0 Å². The van der Waals surface area contributed by atoms with Crippen molar-refractivity contribution in [3.05, 3.63) is 23.4 Å². The Labute approximate surface area is 104 Å². The maximum absolute atomic E-state index is 4.59. The summed E-state index contributed by atoms with van der Waals surface area (Å²) in [5.74, 6) is 2.91. The van der Waals surface area contributed by atoms with Crippen LogP contribution in [0.25, 0.3) is 0 Å². The number of nitrogens with zero attached hydrogens (tertiary/aromatic N) is 2. The van der Waals surface area contributed by atoms with Crippen LogP contribution in [0.15, 0.2) is 12.3 Å². The van der Waals surface area contributed by atoms with E-state index in [1.807, 2.05) is 13.2 Å². The van der Waals surface area contributed by atoms with Gasteiger partial charge in [0.15, 0.2) is 0 Å². The lowest BCUT2D eigenvalue weighted by Crippen LogP contribution is -2.22. The summed E-state index contributed by atoms with van der Waals surface area (Å²) in [5.41, 5.74) is 2.52. The fourth-order valence-corrected chi connectivity index (χ4v) is 2.42. The van der Waals surface area contributed by atoms with E-state index in [9.17, 15) is 0 Å². The SMILES string of the molecule is CNCc1cnc(N(C)CC2CC2C)c(C)c1. The Hall–Kier alpha value is -1.09. The van der Waals surface area contributed by atoms with Crippen molar-refractivity contribution < 1.29 is 0 Å². The summed E-state index contributed by atoms with van der Waals surface area (Å²) in [7, 11) is 4.11. The molecular formula is C14H23N3. The summed E-state index contributed by atoms with van der Waals surface area (Å²) in [6, 6.07) is 2.23. The lowest BCUT2D eigenvalue weighted by Gasteiger charge is -2.20. The van der Waals surface area contributed by atoms with Gasteiger partial charge in [-0.3, -0.25) is 0 Å². The molecule has 1 aliphatic rings. The number of aryl methyl sites for hydroxylation is 1. The molecule has 2 unspecified atom stereocenters. The molecule has 0 aliphatic heterocycles. The highest BCUT2D eigenvalue weighted by Crippen LogP contribution is 2.38. The van der Waals surface area contributed by atoms with Crippen molar-refractivity contribution in [1.82, 2.24) is 10.3 Å². The first kappa shape index (κ1) is 12.4. The van der Waals surface area contributed by atoms with E-state index in [1.165, 1.54) is 17.5 Å². The Bertz CT molecular complexity index is 389. The van der Waals surface area contributed by atoms with Crippen LogP contribution in [-0.2, 0) is 6.54 Å². The Morgan fingerprint density at radius 3 is 2.76 bits per heavy atom. The Kier molecular flexibility index (Phi) is 3.67. The van der Waals surface area contributed by atoms with Gasteiger partial charge in [-0.05, 0) is 49.4 Å². The summed E-state index contributed by atoms with van der Waals surface area (Å²) in [6.45, 7) is 6.50. The van der Waals surface area contributed by atoms with E-state index in [1.54, 1.807) is 0 Å². The van der Waals surface area contributed by atoms with Gasteiger partial charge in [-0.1, -0.05) is 6.92 Å². The predicted molar refractivity (Wildman–Crippen MR) is 72.3 cm³/mol. The number of hydrogen-bond acceptors (Lipinski definition) is 3. The maximum atomic E-state index is 4.59. The molecule has 1 aliphatic carbocycles. The summed E-state index contributed by atoms with van der Waals surface area (Å²) in [4.78, 5) is 6.89. The number of pyridine rings is 1. The second-order valence-corrected chi connectivity index (χ2v) is 5.37. The summed E-state index contributed by atoms with van der Waals surface area (Å²) in [5, 5.41) is 3.15. The van der Waals surface area contributed by atoms with Gasteiger partial charge in [0.1, 0.15) is 5.82 Å². The Balaban J connectivity index is 2.04. The van der Waals surface area contributed by atoms with Crippen LogP contribution in [0, 0.1) is 18.8 Å². The third-order valence-corrected chi connectivity index (χ3v) is 3.63. The van der Waals surface area contributed by atoms with E-state index in [0.29, 0.717) is 0 Å². The van der Waals surface area contributed by atoms with Crippen LogP contribution in [0.5, 0.6) is 0 Å². The average Bonchev–Trinajstić information content (AvgIpc) is 2.94. The maximum Gasteiger partial charge on any atom is 0.131 e. The fourth-order valence-electron chi connectivity index (χ4n) is 2.42. The van der Waals surface area contributed by atoms with Gasteiger partial charge in [-0.2, -0.15) is 0 Å². The number of hydrogen-bond donors (Lipinski definition) is 1. The highest BCUT2D eigenvalue weighted by Gasteiger charge is 2.33. The first-order valence-electron chi connectivity index (χ1n) is 6.43. The first-order valence-corrected chi connectivity index (χ1v) is 6.43. The third-order valence-electron chi connectivity index (χ3n) is 3.63. The fraction of sp³-hybridized carbons (Fsp3) is 0.643. The Morgan fingerprint density at radius 2 is 2.24 bits per heavy atom. The zero-order valence-electron chi connectivity index (χ0n) is 11.3. The highest BCUT2D eigenvalue weighted by atomic mass is 15.2. The van der Waals surface area contributed by atoms with Crippen LogP contribution in [-0.4, -0.2) is 25.6 Å². The van der Waals surface area contributed by atoms with Crippen molar-refractivity contribution in [3.8, 4) is 0 Å². The van der Waals surface area contributed by atoms with E-state index in [4.69, 9.17) is 0 Å². The Morgan fingerprint density at radius 1 is 1.53 bits per heavy atom. The van der Waals surface area contributed by atoms with Gasteiger partial charge in [0, 0.05) is 26.3 Å². The van der Waals surface area contributed by atoms with Gasteiger partial charge in [-0.15, -0.1) is 0 Å². The summed E-state index contributed by atoms with van der Waals surface area (Å²) < 4.78 is 0. The zero-order chi connectivity index (χ0) is 12.4. The molecule has 1 heterocycles. The second-order valence-electron chi connectivity index (χ2n) is 5.37. The third kappa shape index (κ3) is 2.97. The summed E-state index contributed by atoms with van der Waals surface area (Å²) >= 11 is 0. The molecule has 3 nitrogen and oxygen atoms in total. The number of anilines is 1. The molecule has 1 saturated carbocycles. The van der Waals surface area contributed by atoms with Gasteiger partial charge in [-0.25, -0.2) is 4.98 Å². The molecule has 1 fully saturated rings. The summed E-state index contributed by atoms with van der Waals surface area (Å²) in [6.07, 6.45) is 3.35. The normalized spacial score (nSPS) is 22.6. The van der Waals surface area contributed by atoms with Crippen LogP contribution in [0.1, 0.15) is 24.5 Å². The monoisotopic (exact) mass is 233 g/mol. The van der Waals surface area contributed by atoms with Crippen LogP contribution in [0.2, 0.25) is 0 Å². The molecule has 3 heteroatoms. The standard InChI is InChI=1S/C14H23N3/c1-10-6-13(10)9-17(4)14-11(2)5-12(7-15-3)8-16-14/h5,8,10,13,15H,6-7,9H2,1-4H3. The smallest absolute Gasteiger partial charge is 0.131 e. The number of rotatable bonds is 5. The van der Waals surface area contributed by atoms with E-state index in [-0.39, 0.29) is 0 Å². The molecule has 94 valence electrons. The van der Waals surface area contributed by atoms with Crippen molar-refractivity contribution in [2.75, 3.05) is 25.5 Å². The number of nitrogens with one attached hydrogen (secondary N) is 1. The van der Waals surface area contributed by atoms with E-state index >= 15 is 0 Å². The first-order chi connectivity index (χ1) is 8.11. The second kappa shape index (κ2) is 5.05. The van der Waals surface area contributed by atoms with Crippen LogP contribution >= 0.6 is 0 Å². The molecular weight excluding hydrogens is 210 g/mol. The highest BCUT2D eigenvalue weighted by molar-refractivity contribution is 5.46. The molecule has 0 aromatic carbocycles. The van der Waals surface area contributed by atoms with Crippen molar-refractivity contribution >= 4 is 5.82 Å². The van der Waals surface area contributed by atoms with E-state index in [0.717, 1.165) is 30.7 Å². The van der Waals surface area contributed by atoms with E-state index in [2.05, 4.69) is 42.2 Å². The van der Waals surface area contributed by atoms with Gasteiger partial charge < -0.3 is 10.2 Å². The van der Waals surface area contributed by atoms with Crippen molar-refractivity contribution in [3.63, 3.8) is 0 Å². The molecule has 1 aromatic rings. The van der Waals surface area contributed by atoms with Crippen molar-refractivity contribution in [1.29, 1.82) is 0 Å². The molecule has 2 atom stereocenters. The molecule has 0 radical (unpaired) electrons. The van der Waals surface area contributed by atoms with Crippen molar-refractivity contribution in [2.24, 2.45) is 11.8 Å². The minimum Gasteiger partial charge on any atom is -0.359 e. The van der Waals surface area contributed by atoms with E-state index < -0.39 is 0 Å². The predicted octanol–water partition coefficient (Wildman–Crippen LogP) is 2.20. The van der Waals surface area contributed by atoms with Crippen LogP contribution in [0.4, 0.5) is 5.82 Å². The molecule has 17 heavy (non-hydrogen) atoms. The zero-order valence-corrected chi connectivity index (χ0v) is 11.3.